The van der Waals surface area contributed by atoms with Gasteiger partial charge in [-0.1, -0.05) is 67.8 Å². The smallest absolute Gasteiger partial charge is 0.0849 e. The van der Waals surface area contributed by atoms with Crippen molar-refractivity contribution in [1.29, 1.82) is 0 Å². The fourth-order valence-electron chi connectivity index (χ4n) is 2.84. The predicted octanol–water partition coefficient (Wildman–Crippen LogP) is 6.65. The second-order valence-electron chi connectivity index (χ2n) is 6.33. The molecule has 0 bridgehead atoms. The second-order valence-corrected chi connectivity index (χ2v) is 6.33. The van der Waals surface area contributed by atoms with Crippen LogP contribution in [0.3, 0.4) is 0 Å². The Morgan fingerprint density at radius 2 is 1.11 bits per heavy atom. The number of rotatable bonds is 6. The summed E-state index contributed by atoms with van der Waals surface area (Å²) in [6.07, 6.45) is 3.62. The maximum absolute atomic E-state index is 4.76. The Kier molecular flexibility index (Phi) is 6.07. The van der Waals surface area contributed by atoms with Gasteiger partial charge in [-0.05, 0) is 49.2 Å². The molecule has 3 aromatic rings. The topological polar surface area (TPSA) is 37.6 Å². The lowest BCUT2D eigenvalue weighted by Crippen LogP contribution is -2.05. The van der Waals surface area contributed by atoms with E-state index in [2.05, 4.69) is 13.2 Å². The van der Waals surface area contributed by atoms with E-state index < -0.39 is 0 Å². The minimum atomic E-state index is 0.822. The van der Waals surface area contributed by atoms with Crippen molar-refractivity contribution in [3.05, 3.63) is 102 Å². The highest BCUT2D eigenvalue weighted by Gasteiger charge is 2.06. The van der Waals surface area contributed by atoms with Crippen molar-refractivity contribution < 1.29 is 0 Å². The van der Waals surface area contributed by atoms with Crippen molar-refractivity contribution in [2.24, 2.45) is 9.98 Å². The first-order chi connectivity index (χ1) is 13.6. The summed E-state index contributed by atoms with van der Waals surface area (Å²) >= 11 is 0. The van der Waals surface area contributed by atoms with Gasteiger partial charge in [-0.25, -0.2) is 4.98 Å². The van der Waals surface area contributed by atoms with Crippen LogP contribution in [0.5, 0.6) is 0 Å². The van der Waals surface area contributed by atoms with Crippen LogP contribution in [0.4, 0.5) is 11.4 Å². The maximum Gasteiger partial charge on any atom is 0.0849 e. The Hall–Kier alpha value is -3.59. The molecule has 2 aromatic carbocycles. The normalized spacial score (nSPS) is 11.9. The molecular formula is C25H23N3. The highest BCUT2D eigenvalue weighted by Crippen LogP contribution is 2.22. The van der Waals surface area contributed by atoms with Crippen molar-refractivity contribution in [3.63, 3.8) is 0 Å². The molecular weight excluding hydrogens is 342 g/mol. The summed E-state index contributed by atoms with van der Waals surface area (Å²) in [4.78, 5) is 14.2. The third-order valence-corrected chi connectivity index (χ3v) is 4.38. The van der Waals surface area contributed by atoms with E-state index in [0.29, 0.717) is 0 Å². The molecule has 1 heterocycles. The fraction of sp³-hybridized carbons (Fsp3) is 0.0800. The predicted molar refractivity (Wildman–Crippen MR) is 121 cm³/mol. The summed E-state index contributed by atoms with van der Waals surface area (Å²) in [7, 11) is 0. The van der Waals surface area contributed by atoms with E-state index in [1.807, 2.05) is 92.7 Å². The molecule has 28 heavy (non-hydrogen) atoms. The third kappa shape index (κ3) is 4.38. The number of hydrogen-bond donors (Lipinski definition) is 0. The van der Waals surface area contributed by atoms with E-state index in [1.165, 1.54) is 0 Å². The summed E-state index contributed by atoms with van der Waals surface area (Å²) < 4.78 is 0. The van der Waals surface area contributed by atoms with Crippen LogP contribution in [-0.2, 0) is 0 Å². The summed E-state index contributed by atoms with van der Waals surface area (Å²) in [5.74, 6) is 0. The highest BCUT2D eigenvalue weighted by atomic mass is 14.8. The molecule has 0 aliphatic heterocycles. The zero-order chi connectivity index (χ0) is 19.9. The van der Waals surface area contributed by atoms with E-state index in [0.717, 1.165) is 45.3 Å². The van der Waals surface area contributed by atoms with Gasteiger partial charge in [-0.2, -0.15) is 0 Å². The molecule has 3 rings (SSSR count). The van der Waals surface area contributed by atoms with Gasteiger partial charge in [0.25, 0.3) is 0 Å². The lowest BCUT2D eigenvalue weighted by Gasteiger charge is -2.07. The molecule has 138 valence electrons. The van der Waals surface area contributed by atoms with Gasteiger partial charge in [-0.15, -0.1) is 0 Å². The van der Waals surface area contributed by atoms with E-state index in [1.54, 1.807) is 0 Å². The number of nitrogens with zero attached hydrogens (tertiary/aromatic N) is 3. The molecule has 0 N–H and O–H groups in total. The van der Waals surface area contributed by atoms with Crippen LogP contribution < -0.4 is 0 Å². The molecule has 0 amide bonds. The average molecular weight is 365 g/mol. The van der Waals surface area contributed by atoms with Crippen LogP contribution in [0.25, 0.3) is 12.2 Å². The van der Waals surface area contributed by atoms with Crippen LogP contribution in [0.2, 0.25) is 0 Å². The van der Waals surface area contributed by atoms with E-state index in [9.17, 15) is 0 Å². The number of aromatic nitrogens is 1. The van der Waals surface area contributed by atoms with Crippen molar-refractivity contribution in [3.8, 4) is 0 Å². The van der Waals surface area contributed by atoms with Gasteiger partial charge < -0.3 is 0 Å². The number of aliphatic imine (C=N–C) groups is 2. The Morgan fingerprint density at radius 3 is 1.54 bits per heavy atom. The molecule has 0 radical (unpaired) electrons. The van der Waals surface area contributed by atoms with Gasteiger partial charge in [0.2, 0.25) is 0 Å². The number of hydrogen-bond acceptors (Lipinski definition) is 3. The molecule has 3 heteroatoms. The van der Waals surface area contributed by atoms with Crippen molar-refractivity contribution >= 4 is 35.0 Å². The first-order valence-corrected chi connectivity index (χ1v) is 9.13. The Balaban J connectivity index is 1.95. The quantitative estimate of drug-likeness (QED) is 0.451. The fourth-order valence-corrected chi connectivity index (χ4v) is 2.84. The zero-order valence-corrected chi connectivity index (χ0v) is 16.3. The minimum absolute atomic E-state index is 0.822. The van der Waals surface area contributed by atoms with Gasteiger partial charge >= 0.3 is 0 Å². The lowest BCUT2D eigenvalue weighted by molar-refractivity contribution is 1.24. The van der Waals surface area contributed by atoms with Crippen molar-refractivity contribution in [2.75, 3.05) is 0 Å². The van der Waals surface area contributed by atoms with Gasteiger partial charge in [0, 0.05) is 0 Å². The molecule has 0 aliphatic rings. The average Bonchev–Trinajstić information content (AvgIpc) is 2.74. The zero-order valence-electron chi connectivity index (χ0n) is 16.3. The molecule has 0 saturated carbocycles. The third-order valence-electron chi connectivity index (χ3n) is 4.38. The standard InChI is InChI=1S/C25H23N3/c1-5-20-12-7-9-14-24(20)26-18(3)22-16-11-17-23(28-22)19(4)27-25-15-10-8-13-21(25)6-2/h5-17H,1-2H2,3-4H3. The monoisotopic (exact) mass is 365 g/mol. The highest BCUT2D eigenvalue weighted by molar-refractivity contribution is 6.02. The van der Waals surface area contributed by atoms with E-state index in [4.69, 9.17) is 15.0 Å². The molecule has 0 unspecified atom stereocenters. The molecule has 0 fully saturated rings. The molecule has 0 aliphatic carbocycles. The Labute approximate surface area is 166 Å². The van der Waals surface area contributed by atoms with Crippen molar-refractivity contribution in [2.45, 2.75) is 13.8 Å². The minimum Gasteiger partial charge on any atom is -0.251 e. The first kappa shape index (κ1) is 19.2. The molecule has 0 spiro atoms. The maximum atomic E-state index is 4.76. The molecule has 3 nitrogen and oxygen atoms in total. The number of benzene rings is 2. The number of pyridine rings is 1. The lowest BCUT2D eigenvalue weighted by atomic mass is 10.1. The van der Waals surface area contributed by atoms with Gasteiger partial charge in [0.15, 0.2) is 0 Å². The largest absolute Gasteiger partial charge is 0.251 e. The number of para-hydroxylation sites is 2. The van der Waals surface area contributed by atoms with Crippen molar-refractivity contribution in [1.82, 2.24) is 4.98 Å². The summed E-state index contributed by atoms with van der Waals surface area (Å²) in [6, 6.07) is 21.7. The summed E-state index contributed by atoms with van der Waals surface area (Å²) in [5.41, 5.74) is 7.09. The van der Waals surface area contributed by atoms with Crippen LogP contribution in [0.15, 0.2) is 89.9 Å². The summed E-state index contributed by atoms with van der Waals surface area (Å²) in [6.45, 7) is 11.6. The van der Waals surface area contributed by atoms with Gasteiger partial charge in [0.05, 0.1) is 34.2 Å². The SMILES string of the molecule is C=Cc1ccccc1N=C(C)c1cccc(C(C)=Nc2ccccc2C=C)n1. The van der Waals surface area contributed by atoms with Crippen LogP contribution in [-0.4, -0.2) is 16.4 Å². The Morgan fingerprint density at radius 1 is 0.679 bits per heavy atom. The molecule has 0 atom stereocenters. The van der Waals surface area contributed by atoms with E-state index >= 15 is 0 Å². The van der Waals surface area contributed by atoms with Crippen LogP contribution >= 0.6 is 0 Å². The first-order valence-electron chi connectivity index (χ1n) is 9.13. The van der Waals surface area contributed by atoms with Crippen LogP contribution in [0, 0.1) is 0 Å². The van der Waals surface area contributed by atoms with E-state index in [-0.39, 0.29) is 0 Å². The van der Waals surface area contributed by atoms with Gasteiger partial charge in [-0.3, -0.25) is 9.98 Å². The van der Waals surface area contributed by atoms with Gasteiger partial charge in [0.1, 0.15) is 0 Å². The van der Waals surface area contributed by atoms with Crippen LogP contribution in [0.1, 0.15) is 36.4 Å². The molecule has 0 saturated heterocycles. The summed E-state index contributed by atoms with van der Waals surface area (Å²) in [5, 5.41) is 0. The molecule has 1 aromatic heterocycles. The second kappa shape index (κ2) is 8.87. The Bertz CT molecular complexity index is 992.